The third-order valence-corrected chi connectivity index (χ3v) is 8.46. The molecule has 0 bridgehead atoms. The number of hydrogen-bond donors (Lipinski definition) is 2. The number of aryl methyl sites for hydroxylation is 1. The molecular formula is C28H24Cl3N3O5. The topological polar surface area (TPSA) is 111 Å². The molecule has 0 atom stereocenters. The number of carboxylic acids is 1. The third kappa shape index (κ3) is 4.80. The highest BCUT2D eigenvalue weighted by molar-refractivity contribution is 6.39. The minimum absolute atomic E-state index is 0.0138. The van der Waals surface area contributed by atoms with Crippen LogP contribution in [0.3, 0.4) is 0 Å². The lowest BCUT2D eigenvalue weighted by Gasteiger charge is -2.44. The van der Waals surface area contributed by atoms with Crippen LogP contribution in [0.2, 0.25) is 15.1 Å². The molecule has 0 spiro atoms. The van der Waals surface area contributed by atoms with E-state index in [1.165, 1.54) is 0 Å². The van der Waals surface area contributed by atoms with Crippen LogP contribution in [0.15, 0.2) is 47.0 Å². The molecule has 2 heterocycles. The van der Waals surface area contributed by atoms with Gasteiger partial charge < -0.3 is 19.5 Å². The van der Waals surface area contributed by atoms with Crippen LogP contribution in [0.4, 0.5) is 0 Å². The van der Waals surface area contributed by atoms with Crippen molar-refractivity contribution in [1.82, 2.24) is 14.9 Å². The summed E-state index contributed by atoms with van der Waals surface area (Å²) in [5.74, 6) is 0.489. The van der Waals surface area contributed by atoms with Crippen LogP contribution in [-0.4, -0.2) is 31.1 Å². The fourth-order valence-corrected chi connectivity index (χ4v) is 6.24. The van der Waals surface area contributed by atoms with Gasteiger partial charge in [0.25, 0.3) is 0 Å². The standard InChI is InChI=1S/C28H24Cl3N3O5/c1-34-23(10-22(32-34)27(35)36)15-11-28(37,12-15)18-8-7-16(9-21(18)31)38-13-17-25(33-39-26(17)14-5-6-14)24-19(29)3-2-4-20(24)30/h2-4,7-10,14-15,37H,5-6,11-13H2,1H3,(H,35,36). The Morgan fingerprint density at radius 3 is 2.44 bits per heavy atom. The largest absolute Gasteiger partial charge is 0.489 e. The van der Waals surface area contributed by atoms with Crippen molar-refractivity contribution in [3.05, 3.63) is 85.8 Å². The van der Waals surface area contributed by atoms with Crippen LogP contribution < -0.4 is 4.74 Å². The van der Waals surface area contributed by atoms with Gasteiger partial charge in [0.05, 0.1) is 26.2 Å². The SMILES string of the molecule is Cn1nc(C(=O)O)cc1C1CC(O)(c2ccc(OCc3c(-c4c(Cl)cccc4Cl)noc3C3CC3)cc2Cl)C1. The molecule has 0 amide bonds. The average molecular weight is 589 g/mol. The first-order valence-corrected chi connectivity index (χ1v) is 13.6. The zero-order valence-electron chi connectivity index (χ0n) is 20.8. The molecular weight excluding hydrogens is 565 g/mol. The third-order valence-electron chi connectivity index (χ3n) is 7.51. The predicted octanol–water partition coefficient (Wildman–Crippen LogP) is 6.96. The van der Waals surface area contributed by atoms with E-state index in [2.05, 4.69) is 10.3 Å². The summed E-state index contributed by atoms with van der Waals surface area (Å²) in [5.41, 5.74) is 2.18. The number of benzene rings is 2. The highest BCUT2D eigenvalue weighted by Gasteiger charge is 2.47. The fourth-order valence-electron chi connectivity index (χ4n) is 5.32. The Morgan fingerprint density at radius 1 is 1.10 bits per heavy atom. The van der Waals surface area contributed by atoms with Crippen molar-refractivity contribution < 1.29 is 24.3 Å². The highest BCUT2D eigenvalue weighted by Crippen LogP contribution is 2.53. The lowest BCUT2D eigenvalue weighted by Crippen LogP contribution is -2.40. The van der Waals surface area contributed by atoms with Gasteiger partial charge in [-0.25, -0.2) is 4.79 Å². The van der Waals surface area contributed by atoms with Crippen molar-refractivity contribution in [2.45, 2.75) is 49.7 Å². The first kappa shape index (κ1) is 26.2. The number of carbonyl (C=O) groups is 1. The average Bonchev–Trinajstić information content (AvgIpc) is 3.51. The number of rotatable bonds is 8. The highest BCUT2D eigenvalue weighted by atomic mass is 35.5. The lowest BCUT2D eigenvalue weighted by molar-refractivity contribution is -0.0566. The number of halogens is 3. The summed E-state index contributed by atoms with van der Waals surface area (Å²) >= 11 is 19.5. The Morgan fingerprint density at radius 2 is 1.82 bits per heavy atom. The van der Waals surface area contributed by atoms with E-state index in [0.29, 0.717) is 56.4 Å². The van der Waals surface area contributed by atoms with Gasteiger partial charge in [-0.3, -0.25) is 4.68 Å². The van der Waals surface area contributed by atoms with Crippen molar-refractivity contribution >= 4 is 40.8 Å². The Labute approximate surface area is 239 Å². The molecule has 0 aliphatic heterocycles. The quantitative estimate of drug-likeness (QED) is 0.229. The molecule has 11 heteroatoms. The molecule has 6 rings (SSSR count). The van der Waals surface area contributed by atoms with Crippen LogP contribution >= 0.6 is 34.8 Å². The molecule has 2 aliphatic carbocycles. The fraction of sp³-hybridized carbons (Fsp3) is 0.321. The van der Waals surface area contributed by atoms with E-state index in [9.17, 15) is 15.0 Å². The van der Waals surface area contributed by atoms with Crippen molar-refractivity contribution in [1.29, 1.82) is 0 Å². The summed E-state index contributed by atoms with van der Waals surface area (Å²) in [4.78, 5) is 11.2. The van der Waals surface area contributed by atoms with Crippen molar-refractivity contribution in [2.75, 3.05) is 0 Å². The van der Waals surface area contributed by atoms with Gasteiger partial charge in [-0.1, -0.05) is 52.1 Å². The summed E-state index contributed by atoms with van der Waals surface area (Å²) < 4.78 is 13.4. The van der Waals surface area contributed by atoms with Crippen LogP contribution in [0.25, 0.3) is 11.3 Å². The van der Waals surface area contributed by atoms with Gasteiger partial charge in [-0.2, -0.15) is 5.10 Å². The summed E-state index contributed by atoms with van der Waals surface area (Å²) in [6, 6.07) is 12.1. The maximum absolute atomic E-state index is 11.3. The number of aromatic carboxylic acids is 1. The molecule has 2 N–H and O–H groups in total. The van der Waals surface area contributed by atoms with Crippen molar-refractivity contribution in [3.63, 3.8) is 0 Å². The van der Waals surface area contributed by atoms with Gasteiger partial charge in [0.1, 0.15) is 23.8 Å². The van der Waals surface area contributed by atoms with Gasteiger partial charge in [0, 0.05) is 35.7 Å². The number of aliphatic hydroxyl groups is 1. The molecule has 2 fully saturated rings. The first-order chi connectivity index (χ1) is 18.6. The molecule has 4 aromatic rings. The van der Waals surface area contributed by atoms with E-state index < -0.39 is 11.6 Å². The van der Waals surface area contributed by atoms with E-state index >= 15 is 0 Å². The molecule has 202 valence electrons. The molecule has 0 saturated heterocycles. The van der Waals surface area contributed by atoms with Crippen molar-refractivity contribution in [3.8, 4) is 17.0 Å². The van der Waals surface area contributed by atoms with Crippen LogP contribution in [0, 0.1) is 0 Å². The molecule has 0 unspecified atom stereocenters. The van der Waals surface area contributed by atoms with Crippen molar-refractivity contribution in [2.24, 2.45) is 7.05 Å². The van der Waals surface area contributed by atoms with Gasteiger partial charge in [0.2, 0.25) is 0 Å². The number of carboxylic acid groups (broad SMARTS) is 1. The Balaban J connectivity index is 1.19. The maximum atomic E-state index is 11.3. The Hall–Kier alpha value is -3.04. The second-order valence-corrected chi connectivity index (χ2v) is 11.4. The lowest BCUT2D eigenvalue weighted by atomic mass is 9.66. The monoisotopic (exact) mass is 587 g/mol. The number of ether oxygens (including phenoxy) is 1. The number of hydrogen-bond acceptors (Lipinski definition) is 6. The van der Waals surface area contributed by atoms with Crippen LogP contribution in [0.1, 0.15) is 70.6 Å². The second kappa shape index (κ2) is 9.86. The minimum Gasteiger partial charge on any atom is -0.489 e. The smallest absolute Gasteiger partial charge is 0.356 e. The van der Waals surface area contributed by atoms with Gasteiger partial charge in [0.15, 0.2) is 5.69 Å². The summed E-state index contributed by atoms with van der Waals surface area (Å²) in [5, 5.41) is 30.1. The Bertz CT molecular complexity index is 1570. The molecule has 2 aromatic heterocycles. The zero-order valence-corrected chi connectivity index (χ0v) is 23.1. The molecule has 8 nitrogen and oxygen atoms in total. The number of nitrogens with zero attached hydrogens (tertiary/aromatic N) is 3. The van der Waals surface area contributed by atoms with Gasteiger partial charge in [-0.05, 0) is 56.0 Å². The summed E-state index contributed by atoms with van der Waals surface area (Å²) in [6.45, 7) is 0.181. The van der Waals surface area contributed by atoms with E-state index in [0.717, 1.165) is 29.9 Å². The van der Waals surface area contributed by atoms with E-state index in [1.54, 1.807) is 54.2 Å². The van der Waals surface area contributed by atoms with Crippen LogP contribution in [-0.2, 0) is 19.3 Å². The molecule has 39 heavy (non-hydrogen) atoms. The van der Waals surface area contributed by atoms with Crippen LogP contribution in [0.5, 0.6) is 5.75 Å². The minimum atomic E-state index is -1.13. The van der Waals surface area contributed by atoms with Gasteiger partial charge >= 0.3 is 5.97 Å². The number of aromatic nitrogens is 3. The Kier molecular flexibility index (Phi) is 6.62. The molecule has 0 radical (unpaired) electrons. The first-order valence-electron chi connectivity index (χ1n) is 12.5. The van der Waals surface area contributed by atoms with Gasteiger partial charge in [-0.15, -0.1) is 0 Å². The molecule has 2 aliphatic rings. The normalized spacial score (nSPS) is 20.6. The predicted molar refractivity (Wildman–Crippen MR) is 146 cm³/mol. The molecule has 2 saturated carbocycles. The summed E-state index contributed by atoms with van der Waals surface area (Å²) in [6.07, 6.45) is 2.85. The molecule has 2 aromatic carbocycles. The summed E-state index contributed by atoms with van der Waals surface area (Å²) in [7, 11) is 1.70. The van der Waals surface area contributed by atoms with E-state index in [-0.39, 0.29) is 18.2 Å². The maximum Gasteiger partial charge on any atom is 0.356 e. The van der Waals surface area contributed by atoms with E-state index in [1.807, 2.05) is 0 Å². The van der Waals surface area contributed by atoms with E-state index in [4.69, 9.17) is 44.1 Å². The second-order valence-electron chi connectivity index (χ2n) is 10.2. The zero-order chi connectivity index (χ0) is 27.5.